The van der Waals surface area contributed by atoms with Crippen molar-refractivity contribution in [3.63, 3.8) is 0 Å². The van der Waals surface area contributed by atoms with Gasteiger partial charge in [0.2, 0.25) is 11.8 Å². The summed E-state index contributed by atoms with van der Waals surface area (Å²) in [5.74, 6) is 2.50. The van der Waals surface area contributed by atoms with E-state index in [2.05, 4.69) is 20.6 Å². The molecule has 1 aromatic carbocycles. The third-order valence-corrected chi connectivity index (χ3v) is 4.97. The highest BCUT2D eigenvalue weighted by Gasteiger charge is 2.34. The Labute approximate surface area is 167 Å². The molecule has 29 heavy (non-hydrogen) atoms. The van der Waals surface area contributed by atoms with Gasteiger partial charge < -0.3 is 19.5 Å². The van der Waals surface area contributed by atoms with Gasteiger partial charge in [-0.1, -0.05) is 6.07 Å². The first-order valence-electron chi connectivity index (χ1n) is 9.05. The zero-order chi connectivity index (χ0) is 20.5. The highest BCUT2D eigenvalue weighted by molar-refractivity contribution is 5.95. The van der Waals surface area contributed by atoms with Gasteiger partial charge in [0.1, 0.15) is 17.3 Å². The van der Waals surface area contributed by atoms with Crippen LogP contribution in [0.1, 0.15) is 29.2 Å². The van der Waals surface area contributed by atoms with Gasteiger partial charge in [-0.2, -0.15) is 9.78 Å². The Balaban J connectivity index is 1.84. The zero-order valence-corrected chi connectivity index (χ0v) is 16.6. The average molecular weight is 395 g/mol. The lowest BCUT2D eigenvalue weighted by atomic mass is 9.85. The largest absolute Gasteiger partial charge is 0.497 e. The third kappa shape index (κ3) is 3.24. The smallest absolute Gasteiger partial charge is 0.233 e. The number of nitrogens with one attached hydrogen (secondary N) is 1. The van der Waals surface area contributed by atoms with Crippen molar-refractivity contribution >= 4 is 11.7 Å². The van der Waals surface area contributed by atoms with E-state index in [4.69, 9.17) is 14.2 Å². The van der Waals surface area contributed by atoms with Crippen molar-refractivity contribution in [2.75, 3.05) is 26.6 Å². The Kier molecular flexibility index (Phi) is 4.79. The van der Waals surface area contributed by atoms with Gasteiger partial charge in [-0.3, -0.25) is 4.79 Å². The standard InChI is InChI=1S/C20H21N5O4/c1-11-19-14(13-6-5-12(27-2)9-15(13)28-3)10-17(26)21-20(19)25(24-11)16-7-8-18(29-4)23-22-16/h5-9,14H,10H2,1-4H3,(H,21,26)/t14-/m0/s1. The highest BCUT2D eigenvalue weighted by Crippen LogP contribution is 2.43. The predicted octanol–water partition coefficient (Wildman–Crippen LogP) is 2.47. The van der Waals surface area contributed by atoms with E-state index in [0.717, 1.165) is 16.8 Å². The first-order valence-corrected chi connectivity index (χ1v) is 9.05. The van der Waals surface area contributed by atoms with E-state index >= 15 is 0 Å². The molecule has 0 saturated heterocycles. The molecule has 3 aromatic rings. The summed E-state index contributed by atoms with van der Waals surface area (Å²) in [4.78, 5) is 12.6. The predicted molar refractivity (Wildman–Crippen MR) is 105 cm³/mol. The van der Waals surface area contributed by atoms with Crippen molar-refractivity contribution in [3.05, 3.63) is 47.2 Å². The fourth-order valence-corrected chi connectivity index (χ4v) is 3.62. The van der Waals surface area contributed by atoms with Crippen molar-refractivity contribution < 1.29 is 19.0 Å². The van der Waals surface area contributed by atoms with Crippen LogP contribution in [0.4, 0.5) is 5.82 Å². The van der Waals surface area contributed by atoms with Gasteiger partial charge in [0, 0.05) is 35.6 Å². The number of carbonyl (C=O) groups is 1. The number of aromatic nitrogens is 4. The lowest BCUT2D eigenvalue weighted by Gasteiger charge is -2.25. The maximum atomic E-state index is 12.6. The van der Waals surface area contributed by atoms with Crippen LogP contribution >= 0.6 is 0 Å². The number of carbonyl (C=O) groups excluding carboxylic acids is 1. The molecule has 0 spiro atoms. The van der Waals surface area contributed by atoms with Gasteiger partial charge in [-0.05, 0) is 19.1 Å². The van der Waals surface area contributed by atoms with E-state index < -0.39 is 0 Å². The van der Waals surface area contributed by atoms with Crippen LogP contribution in [0.2, 0.25) is 0 Å². The molecule has 0 saturated carbocycles. The third-order valence-electron chi connectivity index (χ3n) is 4.97. The number of aryl methyl sites for hydroxylation is 1. The molecule has 3 heterocycles. The van der Waals surface area contributed by atoms with Crippen molar-refractivity contribution in [1.82, 2.24) is 20.0 Å². The van der Waals surface area contributed by atoms with Gasteiger partial charge in [-0.15, -0.1) is 10.2 Å². The van der Waals surface area contributed by atoms with Gasteiger partial charge in [-0.25, -0.2) is 0 Å². The van der Waals surface area contributed by atoms with Crippen LogP contribution in [0.25, 0.3) is 5.82 Å². The summed E-state index contributed by atoms with van der Waals surface area (Å²) >= 11 is 0. The van der Waals surface area contributed by atoms with Gasteiger partial charge in [0.25, 0.3) is 0 Å². The summed E-state index contributed by atoms with van der Waals surface area (Å²) in [7, 11) is 4.73. The van der Waals surface area contributed by atoms with Crippen LogP contribution in [0.15, 0.2) is 30.3 Å². The minimum atomic E-state index is -0.209. The lowest BCUT2D eigenvalue weighted by Crippen LogP contribution is -2.25. The normalized spacial score (nSPS) is 15.4. The molecule has 2 aromatic heterocycles. The molecule has 0 radical (unpaired) electrons. The Morgan fingerprint density at radius 1 is 1.07 bits per heavy atom. The summed E-state index contributed by atoms with van der Waals surface area (Å²) in [6.07, 6.45) is 0.288. The SMILES string of the molecule is COc1ccc([C@@H]2CC(=O)Nc3c2c(C)nn3-c2ccc(OC)nn2)c(OC)c1. The first kappa shape index (κ1) is 18.7. The molecule has 150 valence electrons. The molecule has 0 bridgehead atoms. The number of fused-ring (bicyclic) bond motifs is 1. The highest BCUT2D eigenvalue weighted by atomic mass is 16.5. The Morgan fingerprint density at radius 3 is 2.55 bits per heavy atom. The topological polar surface area (TPSA) is 100 Å². The molecule has 9 heteroatoms. The molecule has 1 atom stereocenters. The van der Waals surface area contributed by atoms with Gasteiger partial charge in [0.15, 0.2) is 5.82 Å². The van der Waals surface area contributed by atoms with Gasteiger partial charge >= 0.3 is 0 Å². The minimum absolute atomic E-state index is 0.108. The molecular formula is C20H21N5O4. The quantitative estimate of drug-likeness (QED) is 0.708. The van der Waals surface area contributed by atoms with Crippen LogP contribution in [-0.4, -0.2) is 47.2 Å². The van der Waals surface area contributed by atoms with Crippen LogP contribution < -0.4 is 19.5 Å². The number of rotatable bonds is 5. The minimum Gasteiger partial charge on any atom is -0.497 e. The van der Waals surface area contributed by atoms with Gasteiger partial charge in [0.05, 0.1) is 27.0 Å². The number of hydrogen-bond acceptors (Lipinski definition) is 7. The van der Waals surface area contributed by atoms with Crippen LogP contribution in [0, 0.1) is 6.92 Å². The van der Waals surface area contributed by atoms with Crippen LogP contribution in [0.5, 0.6) is 17.4 Å². The summed E-state index contributed by atoms with van der Waals surface area (Å²) in [6, 6.07) is 9.03. The maximum Gasteiger partial charge on any atom is 0.233 e. The summed E-state index contributed by atoms with van der Waals surface area (Å²) in [6.45, 7) is 1.91. The van der Waals surface area contributed by atoms with E-state index in [1.165, 1.54) is 7.11 Å². The summed E-state index contributed by atoms with van der Waals surface area (Å²) in [5.41, 5.74) is 2.61. The second-order valence-corrected chi connectivity index (χ2v) is 6.61. The van der Waals surface area contributed by atoms with E-state index in [1.807, 2.05) is 25.1 Å². The Bertz CT molecular complexity index is 1060. The molecule has 9 nitrogen and oxygen atoms in total. The second-order valence-electron chi connectivity index (χ2n) is 6.61. The number of anilines is 1. The fraction of sp³-hybridized carbons (Fsp3) is 0.300. The summed E-state index contributed by atoms with van der Waals surface area (Å²) in [5, 5.41) is 15.7. The monoisotopic (exact) mass is 395 g/mol. The molecule has 1 aliphatic heterocycles. The Hall–Kier alpha value is -3.62. The molecule has 1 aliphatic rings. The number of methoxy groups -OCH3 is 3. The fourth-order valence-electron chi connectivity index (χ4n) is 3.62. The van der Waals surface area contributed by atoms with Crippen LogP contribution in [-0.2, 0) is 4.79 Å². The maximum absolute atomic E-state index is 12.6. The first-order chi connectivity index (χ1) is 14.0. The van der Waals surface area contributed by atoms with Crippen molar-refractivity contribution in [2.45, 2.75) is 19.3 Å². The Morgan fingerprint density at radius 2 is 1.90 bits per heavy atom. The average Bonchev–Trinajstić information content (AvgIpc) is 3.08. The number of nitrogens with zero attached hydrogens (tertiary/aromatic N) is 4. The molecule has 0 aliphatic carbocycles. The van der Waals surface area contributed by atoms with Crippen molar-refractivity contribution in [3.8, 4) is 23.2 Å². The van der Waals surface area contributed by atoms with E-state index in [1.54, 1.807) is 31.0 Å². The number of hydrogen-bond donors (Lipinski definition) is 1. The second kappa shape index (κ2) is 7.42. The molecule has 4 rings (SSSR count). The molecule has 1 N–H and O–H groups in total. The van der Waals surface area contributed by atoms with E-state index in [0.29, 0.717) is 29.0 Å². The number of benzene rings is 1. The molecule has 1 amide bonds. The van der Waals surface area contributed by atoms with E-state index in [9.17, 15) is 4.79 Å². The number of ether oxygens (including phenoxy) is 3. The molecule has 0 unspecified atom stereocenters. The van der Waals surface area contributed by atoms with Crippen LogP contribution in [0.3, 0.4) is 0 Å². The molecular weight excluding hydrogens is 374 g/mol. The lowest BCUT2D eigenvalue weighted by molar-refractivity contribution is -0.116. The van der Waals surface area contributed by atoms with Crippen molar-refractivity contribution in [2.24, 2.45) is 0 Å². The zero-order valence-electron chi connectivity index (χ0n) is 16.6. The molecule has 0 fully saturated rings. The van der Waals surface area contributed by atoms with Crippen molar-refractivity contribution in [1.29, 1.82) is 0 Å². The summed E-state index contributed by atoms with van der Waals surface area (Å²) < 4.78 is 17.5. The van der Waals surface area contributed by atoms with E-state index in [-0.39, 0.29) is 18.2 Å². The number of amides is 1.